The molecular weight excluding hydrogens is 358 g/mol. The number of anilines is 1. The Kier molecular flexibility index (Phi) is 4.64. The first-order chi connectivity index (χ1) is 12.3. The summed E-state index contributed by atoms with van der Waals surface area (Å²) < 4.78 is 26.9. The standard InChI is InChI=1S/C17H17N3O5S/c1-12-4-8-15(9-5-12)26(24,25)18-17(21)19-10-2-3-13-6-7-14(20(22)23)11-16(13)19/h4-9,11H,2-3,10H2,1H3,(H,18,21). The smallest absolute Gasteiger partial charge is 0.293 e. The number of carbonyl (C=O) groups is 1. The van der Waals surface area contributed by atoms with Crippen LogP contribution < -0.4 is 9.62 Å². The first-order valence-corrected chi connectivity index (χ1v) is 9.44. The average molecular weight is 375 g/mol. The van der Waals surface area contributed by atoms with Crippen LogP contribution in [0.25, 0.3) is 0 Å². The van der Waals surface area contributed by atoms with Crippen molar-refractivity contribution < 1.29 is 18.1 Å². The zero-order valence-electron chi connectivity index (χ0n) is 14.0. The second-order valence-corrected chi connectivity index (χ2v) is 7.73. The molecule has 26 heavy (non-hydrogen) atoms. The van der Waals surface area contributed by atoms with Crippen molar-refractivity contribution in [3.05, 3.63) is 63.7 Å². The van der Waals surface area contributed by atoms with E-state index in [1.165, 1.54) is 29.2 Å². The fourth-order valence-electron chi connectivity index (χ4n) is 2.83. The number of aryl methyl sites for hydroxylation is 2. The van der Waals surface area contributed by atoms with E-state index in [9.17, 15) is 23.3 Å². The van der Waals surface area contributed by atoms with Crippen LogP contribution in [-0.4, -0.2) is 25.9 Å². The van der Waals surface area contributed by atoms with E-state index in [1.54, 1.807) is 18.2 Å². The van der Waals surface area contributed by atoms with E-state index in [0.717, 1.165) is 11.1 Å². The van der Waals surface area contributed by atoms with E-state index < -0.39 is 21.0 Å². The molecule has 1 heterocycles. The average Bonchev–Trinajstić information content (AvgIpc) is 2.60. The van der Waals surface area contributed by atoms with Gasteiger partial charge in [0, 0.05) is 18.7 Å². The molecule has 0 saturated carbocycles. The summed E-state index contributed by atoms with van der Waals surface area (Å²) in [6.45, 7) is 2.11. The molecule has 0 fully saturated rings. The van der Waals surface area contributed by atoms with Crippen LogP contribution in [0.3, 0.4) is 0 Å². The summed E-state index contributed by atoms with van der Waals surface area (Å²) >= 11 is 0. The van der Waals surface area contributed by atoms with Crippen LogP contribution in [0.1, 0.15) is 17.5 Å². The fraction of sp³-hybridized carbons (Fsp3) is 0.235. The van der Waals surface area contributed by atoms with Gasteiger partial charge >= 0.3 is 6.03 Å². The summed E-state index contributed by atoms with van der Waals surface area (Å²) in [5.41, 5.74) is 1.88. The number of sulfonamides is 1. The molecule has 9 heteroatoms. The number of rotatable bonds is 3. The van der Waals surface area contributed by atoms with E-state index in [4.69, 9.17) is 0 Å². The Labute approximate surface area is 150 Å². The van der Waals surface area contributed by atoms with Crippen LogP contribution in [0, 0.1) is 17.0 Å². The lowest BCUT2D eigenvalue weighted by Gasteiger charge is -2.29. The number of non-ortho nitro benzene ring substituents is 1. The summed E-state index contributed by atoms with van der Waals surface area (Å²) in [5.74, 6) is 0. The highest BCUT2D eigenvalue weighted by Crippen LogP contribution is 2.31. The van der Waals surface area contributed by atoms with Gasteiger partial charge in [-0.2, -0.15) is 0 Å². The number of hydrogen-bond acceptors (Lipinski definition) is 5. The van der Waals surface area contributed by atoms with Crippen molar-refractivity contribution in [2.24, 2.45) is 0 Å². The van der Waals surface area contributed by atoms with E-state index in [1.807, 2.05) is 11.6 Å². The Morgan fingerprint density at radius 2 is 1.88 bits per heavy atom. The molecule has 136 valence electrons. The van der Waals surface area contributed by atoms with Gasteiger partial charge in [-0.1, -0.05) is 23.8 Å². The van der Waals surface area contributed by atoms with Gasteiger partial charge in [0.05, 0.1) is 15.5 Å². The molecular formula is C17H17N3O5S. The molecule has 0 aromatic heterocycles. The van der Waals surface area contributed by atoms with Crippen molar-refractivity contribution in [1.82, 2.24) is 4.72 Å². The summed E-state index contributed by atoms with van der Waals surface area (Å²) in [4.78, 5) is 24.2. The van der Waals surface area contributed by atoms with Crippen molar-refractivity contribution in [2.75, 3.05) is 11.4 Å². The van der Waals surface area contributed by atoms with Gasteiger partial charge in [0.25, 0.3) is 15.7 Å². The SMILES string of the molecule is Cc1ccc(S(=O)(=O)NC(=O)N2CCCc3ccc([N+](=O)[O-])cc32)cc1. The summed E-state index contributed by atoms with van der Waals surface area (Å²) in [6.07, 6.45) is 1.31. The molecule has 1 N–H and O–H groups in total. The first-order valence-electron chi connectivity index (χ1n) is 7.96. The van der Waals surface area contributed by atoms with Gasteiger partial charge in [0.1, 0.15) is 0 Å². The molecule has 0 unspecified atom stereocenters. The Morgan fingerprint density at radius 3 is 2.54 bits per heavy atom. The highest BCUT2D eigenvalue weighted by Gasteiger charge is 2.28. The van der Waals surface area contributed by atoms with E-state index in [0.29, 0.717) is 18.5 Å². The predicted octanol–water partition coefficient (Wildman–Crippen LogP) is 2.75. The lowest BCUT2D eigenvalue weighted by Crippen LogP contribution is -2.45. The van der Waals surface area contributed by atoms with Crippen LogP contribution in [0.4, 0.5) is 16.2 Å². The maximum atomic E-state index is 12.6. The second-order valence-electron chi connectivity index (χ2n) is 6.05. The zero-order valence-corrected chi connectivity index (χ0v) is 14.8. The third-order valence-electron chi connectivity index (χ3n) is 4.20. The summed E-state index contributed by atoms with van der Waals surface area (Å²) in [6, 6.07) is 9.56. The minimum atomic E-state index is -4.03. The molecule has 0 aliphatic carbocycles. The number of fused-ring (bicyclic) bond motifs is 1. The van der Waals surface area contributed by atoms with E-state index in [-0.39, 0.29) is 17.1 Å². The van der Waals surface area contributed by atoms with Crippen molar-refractivity contribution >= 4 is 27.4 Å². The van der Waals surface area contributed by atoms with Gasteiger partial charge in [0.2, 0.25) is 0 Å². The number of amides is 2. The third kappa shape index (κ3) is 3.52. The topological polar surface area (TPSA) is 110 Å². The van der Waals surface area contributed by atoms with Crippen LogP contribution in [0.5, 0.6) is 0 Å². The predicted molar refractivity (Wildman–Crippen MR) is 95.7 cm³/mol. The van der Waals surface area contributed by atoms with Gasteiger partial charge in [-0.15, -0.1) is 0 Å². The second kappa shape index (κ2) is 6.75. The summed E-state index contributed by atoms with van der Waals surface area (Å²) in [5, 5.41) is 11.0. The monoisotopic (exact) mass is 375 g/mol. The van der Waals surface area contributed by atoms with Crippen molar-refractivity contribution in [2.45, 2.75) is 24.7 Å². The molecule has 2 amide bonds. The van der Waals surface area contributed by atoms with Gasteiger partial charge in [-0.05, 0) is 37.5 Å². The Balaban J connectivity index is 1.88. The minimum Gasteiger partial charge on any atom is -0.293 e. The zero-order chi connectivity index (χ0) is 18.9. The molecule has 0 radical (unpaired) electrons. The quantitative estimate of drug-likeness (QED) is 0.655. The van der Waals surface area contributed by atoms with Crippen LogP contribution >= 0.6 is 0 Å². The number of hydrogen-bond donors (Lipinski definition) is 1. The lowest BCUT2D eigenvalue weighted by molar-refractivity contribution is -0.384. The summed E-state index contributed by atoms with van der Waals surface area (Å²) in [7, 11) is -4.03. The molecule has 0 saturated heterocycles. The van der Waals surface area contributed by atoms with Gasteiger partial charge in [-0.25, -0.2) is 17.9 Å². The minimum absolute atomic E-state index is 0.0206. The van der Waals surface area contributed by atoms with Crippen molar-refractivity contribution in [3.8, 4) is 0 Å². The number of benzene rings is 2. The molecule has 0 atom stereocenters. The first kappa shape index (κ1) is 17.9. The van der Waals surface area contributed by atoms with E-state index >= 15 is 0 Å². The number of nitro benzene ring substituents is 1. The van der Waals surface area contributed by atoms with E-state index in [2.05, 4.69) is 0 Å². The molecule has 3 rings (SSSR count). The number of carbonyl (C=O) groups excluding carboxylic acids is 1. The highest BCUT2D eigenvalue weighted by molar-refractivity contribution is 7.90. The molecule has 0 spiro atoms. The van der Waals surface area contributed by atoms with Crippen molar-refractivity contribution in [1.29, 1.82) is 0 Å². The molecule has 2 aromatic carbocycles. The fourth-order valence-corrected chi connectivity index (χ4v) is 3.79. The maximum absolute atomic E-state index is 12.6. The largest absolute Gasteiger partial charge is 0.335 e. The Hall–Kier alpha value is -2.94. The normalized spacial score (nSPS) is 13.8. The molecule has 0 bridgehead atoms. The molecule has 8 nitrogen and oxygen atoms in total. The third-order valence-corrected chi connectivity index (χ3v) is 5.53. The molecule has 2 aromatic rings. The lowest BCUT2D eigenvalue weighted by atomic mass is 10.0. The van der Waals surface area contributed by atoms with Crippen LogP contribution in [0.15, 0.2) is 47.4 Å². The van der Waals surface area contributed by atoms with Crippen LogP contribution in [-0.2, 0) is 16.4 Å². The number of nitrogens with one attached hydrogen (secondary N) is 1. The number of nitro groups is 1. The molecule has 1 aliphatic heterocycles. The Morgan fingerprint density at radius 1 is 1.19 bits per heavy atom. The maximum Gasteiger partial charge on any atom is 0.335 e. The number of urea groups is 1. The van der Waals surface area contributed by atoms with Gasteiger partial charge in [0.15, 0.2) is 0 Å². The van der Waals surface area contributed by atoms with Gasteiger partial charge < -0.3 is 0 Å². The molecule has 1 aliphatic rings. The van der Waals surface area contributed by atoms with Crippen LogP contribution in [0.2, 0.25) is 0 Å². The highest BCUT2D eigenvalue weighted by atomic mass is 32.2. The number of nitrogens with zero attached hydrogens (tertiary/aromatic N) is 2. The van der Waals surface area contributed by atoms with Crippen molar-refractivity contribution in [3.63, 3.8) is 0 Å². The van der Waals surface area contributed by atoms with Gasteiger partial charge in [-0.3, -0.25) is 15.0 Å². The Bertz CT molecular complexity index is 970.